The number of nitrogens with two attached hydrogens (primary N) is 1. The van der Waals surface area contributed by atoms with Crippen LogP contribution in [-0.4, -0.2) is 14.8 Å². The van der Waals surface area contributed by atoms with E-state index in [2.05, 4.69) is 31.9 Å². The quantitative estimate of drug-likeness (QED) is 0.874. The van der Waals surface area contributed by atoms with Crippen molar-refractivity contribution in [2.45, 2.75) is 34.1 Å². The Bertz CT molecular complexity index is 641. The Balaban J connectivity index is 2.71. The van der Waals surface area contributed by atoms with Crippen molar-refractivity contribution >= 4 is 17.2 Å². The summed E-state index contributed by atoms with van der Waals surface area (Å²) < 4.78 is 1.95. The predicted octanol–water partition coefficient (Wildman–Crippen LogP) is 2.99. The molecule has 2 aromatic rings. The topological polar surface area (TPSA) is 43.8 Å². The maximum absolute atomic E-state index is 5.82. The Labute approximate surface area is 119 Å². The van der Waals surface area contributed by atoms with Crippen molar-refractivity contribution in [1.82, 2.24) is 9.78 Å². The molecule has 1 aromatic carbocycles. The third-order valence-electron chi connectivity index (χ3n) is 3.44. The first-order chi connectivity index (χ1) is 8.95. The first-order valence-corrected chi connectivity index (χ1v) is 6.82. The molecule has 4 heteroatoms. The number of aryl methyl sites for hydroxylation is 2. The van der Waals surface area contributed by atoms with E-state index in [1.807, 2.05) is 23.7 Å². The third kappa shape index (κ3) is 2.40. The van der Waals surface area contributed by atoms with Crippen LogP contribution in [0.2, 0.25) is 0 Å². The zero-order chi connectivity index (χ0) is 14.2. The normalized spacial score (nSPS) is 10.7. The van der Waals surface area contributed by atoms with E-state index in [1.54, 1.807) is 0 Å². The number of hydrogen-bond donors (Lipinski definition) is 1. The van der Waals surface area contributed by atoms with Gasteiger partial charge in [-0.05, 0) is 50.5 Å². The minimum Gasteiger partial charge on any atom is -0.389 e. The summed E-state index contributed by atoms with van der Waals surface area (Å²) in [4.78, 5) is 0.403. The van der Waals surface area contributed by atoms with Crippen LogP contribution in [0.15, 0.2) is 18.2 Å². The minimum atomic E-state index is 0.403. The molecule has 1 aromatic heterocycles. The Morgan fingerprint density at radius 1 is 1.32 bits per heavy atom. The van der Waals surface area contributed by atoms with Crippen molar-refractivity contribution < 1.29 is 0 Å². The summed E-state index contributed by atoms with van der Waals surface area (Å²) in [7, 11) is 0. The van der Waals surface area contributed by atoms with Gasteiger partial charge in [0.05, 0.1) is 11.4 Å². The Morgan fingerprint density at radius 2 is 2.00 bits per heavy atom. The highest BCUT2D eigenvalue weighted by molar-refractivity contribution is 7.80. The molecule has 0 aliphatic heterocycles. The molecule has 0 fully saturated rings. The van der Waals surface area contributed by atoms with E-state index in [0.29, 0.717) is 4.99 Å². The van der Waals surface area contributed by atoms with Crippen LogP contribution in [0.3, 0.4) is 0 Å². The van der Waals surface area contributed by atoms with Crippen molar-refractivity contribution in [3.05, 3.63) is 46.3 Å². The number of aromatic nitrogens is 2. The first-order valence-electron chi connectivity index (χ1n) is 6.41. The van der Waals surface area contributed by atoms with Crippen molar-refractivity contribution in [1.29, 1.82) is 0 Å². The van der Waals surface area contributed by atoms with Gasteiger partial charge >= 0.3 is 0 Å². The Morgan fingerprint density at radius 3 is 2.53 bits per heavy atom. The van der Waals surface area contributed by atoms with Crippen molar-refractivity contribution in [2.24, 2.45) is 5.73 Å². The monoisotopic (exact) mass is 273 g/mol. The van der Waals surface area contributed by atoms with E-state index in [4.69, 9.17) is 18.0 Å². The molecule has 2 N–H and O–H groups in total. The van der Waals surface area contributed by atoms with Crippen LogP contribution in [0.25, 0.3) is 5.69 Å². The molecule has 2 rings (SSSR count). The Hall–Kier alpha value is -1.68. The maximum atomic E-state index is 5.82. The summed E-state index contributed by atoms with van der Waals surface area (Å²) in [5, 5.41) is 4.64. The summed E-state index contributed by atoms with van der Waals surface area (Å²) in [6, 6.07) is 6.06. The van der Waals surface area contributed by atoms with Crippen LogP contribution < -0.4 is 5.73 Å². The summed E-state index contributed by atoms with van der Waals surface area (Å²) in [5.41, 5.74) is 12.3. The van der Waals surface area contributed by atoms with Gasteiger partial charge in [-0.2, -0.15) is 5.10 Å². The molecule has 0 amide bonds. The first kappa shape index (κ1) is 13.7. The number of benzene rings is 1. The van der Waals surface area contributed by atoms with E-state index < -0.39 is 0 Å². The highest BCUT2D eigenvalue weighted by atomic mass is 32.1. The summed E-state index contributed by atoms with van der Waals surface area (Å²) in [6.07, 6.45) is 0.978. The number of thiocarbonyl (C=S) groups is 1. The average molecular weight is 273 g/mol. The molecule has 0 saturated carbocycles. The van der Waals surface area contributed by atoms with Gasteiger partial charge in [-0.15, -0.1) is 0 Å². The summed E-state index contributed by atoms with van der Waals surface area (Å²) >= 11 is 5.14. The van der Waals surface area contributed by atoms with Gasteiger partial charge in [0.2, 0.25) is 0 Å². The number of hydrogen-bond acceptors (Lipinski definition) is 2. The van der Waals surface area contributed by atoms with Gasteiger partial charge in [0.25, 0.3) is 0 Å². The highest BCUT2D eigenvalue weighted by Gasteiger charge is 2.15. The molecule has 0 bridgehead atoms. The molecule has 0 saturated heterocycles. The minimum absolute atomic E-state index is 0.403. The van der Waals surface area contributed by atoms with Gasteiger partial charge in [-0.3, -0.25) is 0 Å². The summed E-state index contributed by atoms with van der Waals surface area (Å²) in [5.74, 6) is 0. The third-order valence-corrected chi connectivity index (χ3v) is 3.66. The molecule has 0 atom stereocenters. The average Bonchev–Trinajstić information content (AvgIpc) is 2.63. The Kier molecular flexibility index (Phi) is 3.71. The maximum Gasteiger partial charge on any atom is 0.106 e. The molecule has 0 radical (unpaired) electrons. The lowest BCUT2D eigenvalue weighted by Gasteiger charge is -2.11. The van der Waals surface area contributed by atoms with Gasteiger partial charge in [-0.25, -0.2) is 4.68 Å². The molecule has 19 heavy (non-hydrogen) atoms. The zero-order valence-corrected chi connectivity index (χ0v) is 12.6. The lowest BCUT2D eigenvalue weighted by Crippen LogP contribution is -2.14. The van der Waals surface area contributed by atoms with Crippen molar-refractivity contribution in [3.8, 4) is 5.69 Å². The van der Waals surface area contributed by atoms with E-state index in [1.165, 1.54) is 11.1 Å². The molecule has 1 heterocycles. The fourth-order valence-corrected chi connectivity index (χ4v) is 2.62. The van der Waals surface area contributed by atoms with Crippen molar-refractivity contribution in [3.63, 3.8) is 0 Å². The van der Waals surface area contributed by atoms with Crippen molar-refractivity contribution in [2.75, 3.05) is 0 Å². The van der Waals surface area contributed by atoms with Crippen LogP contribution in [0, 0.1) is 20.8 Å². The van der Waals surface area contributed by atoms with E-state index in [0.717, 1.165) is 29.1 Å². The molecule has 0 aliphatic rings. The van der Waals surface area contributed by atoms with Gasteiger partial charge < -0.3 is 5.73 Å². The largest absolute Gasteiger partial charge is 0.389 e. The molecule has 100 valence electrons. The molecular formula is C15H19N3S. The van der Waals surface area contributed by atoms with Crippen LogP contribution >= 0.6 is 12.2 Å². The van der Waals surface area contributed by atoms with Crippen LogP contribution in [0.1, 0.15) is 35.0 Å². The van der Waals surface area contributed by atoms with Gasteiger partial charge in [0.1, 0.15) is 4.99 Å². The van der Waals surface area contributed by atoms with Gasteiger partial charge in [0, 0.05) is 11.3 Å². The van der Waals surface area contributed by atoms with Crippen LogP contribution in [-0.2, 0) is 6.42 Å². The van der Waals surface area contributed by atoms with E-state index in [9.17, 15) is 0 Å². The fourth-order valence-electron chi connectivity index (χ4n) is 2.45. The second-order valence-electron chi connectivity index (χ2n) is 4.80. The van der Waals surface area contributed by atoms with Gasteiger partial charge in [0.15, 0.2) is 0 Å². The second-order valence-corrected chi connectivity index (χ2v) is 5.24. The molecule has 0 aliphatic carbocycles. The smallest absolute Gasteiger partial charge is 0.106 e. The molecule has 3 nitrogen and oxygen atoms in total. The fraction of sp³-hybridized carbons (Fsp3) is 0.333. The number of nitrogens with zero attached hydrogens (tertiary/aromatic N) is 2. The lowest BCUT2D eigenvalue weighted by molar-refractivity contribution is 0.830. The zero-order valence-electron chi connectivity index (χ0n) is 11.8. The molecule has 0 spiro atoms. The SMILES string of the molecule is CCc1c(C)nn(-c2cc(C)ccc2C(N)=S)c1C. The van der Waals surface area contributed by atoms with Gasteiger partial charge in [-0.1, -0.05) is 25.2 Å². The van der Waals surface area contributed by atoms with E-state index >= 15 is 0 Å². The summed E-state index contributed by atoms with van der Waals surface area (Å²) in [6.45, 7) is 8.33. The second kappa shape index (κ2) is 5.13. The predicted molar refractivity (Wildman–Crippen MR) is 83.0 cm³/mol. The van der Waals surface area contributed by atoms with Crippen LogP contribution in [0.5, 0.6) is 0 Å². The number of rotatable bonds is 3. The highest BCUT2D eigenvalue weighted by Crippen LogP contribution is 2.22. The van der Waals surface area contributed by atoms with Crippen LogP contribution in [0.4, 0.5) is 0 Å². The lowest BCUT2D eigenvalue weighted by atomic mass is 10.1. The molecular weight excluding hydrogens is 254 g/mol. The molecule has 0 unspecified atom stereocenters. The standard InChI is InChI=1S/C15H19N3S/c1-5-12-10(3)17-18(11(12)4)14-8-9(2)6-7-13(14)15(16)19/h6-8H,5H2,1-4H3,(H2,16,19). The van der Waals surface area contributed by atoms with E-state index in [-0.39, 0.29) is 0 Å².